The van der Waals surface area contributed by atoms with Gasteiger partial charge in [0.05, 0.1) is 11.8 Å². The molecule has 0 aliphatic heterocycles. The zero-order chi connectivity index (χ0) is 12.8. The molecule has 0 radical (unpaired) electrons. The minimum absolute atomic E-state index is 0.0522. The van der Waals surface area contributed by atoms with Gasteiger partial charge in [-0.2, -0.15) is 5.10 Å². The van der Waals surface area contributed by atoms with E-state index < -0.39 is 0 Å². The molecule has 1 amide bonds. The second-order valence-electron chi connectivity index (χ2n) is 4.23. The van der Waals surface area contributed by atoms with Crippen LogP contribution in [0.2, 0.25) is 0 Å². The van der Waals surface area contributed by atoms with Gasteiger partial charge in [-0.25, -0.2) is 0 Å². The molecule has 0 saturated carbocycles. The first kappa shape index (κ1) is 14.0. The summed E-state index contributed by atoms with van der Waals surface area (Å²) in [5, 5.41) is 6.99. The van der Waals surface area contributed by atoms with E-state index in [4.69, 9.17) is 11.6 Å². The SMILES string of the molecule is CCC(CCCl)CNC(=O)c1cnn(C)c1C. The fraction of sp³-hybridized carbons (Fsp3) is 0.667. The number of hydrogen-bond donors (Lipinski definition) is 1. The number of alkyl halides is 1. The number of nitrogens with zero attached hydrogens (tertiary/aromatic N) is 2. The standard InChI is InChI=1S/C12H20ClN3O/c1-4-10(5-6-13)7-14-12(17)11-8-15-16(3)9(11)2/h8,10H,4-7H2,1-3H3,(H,14,17). The Morgan fingerprint density at radius 1 is 1.65 bits per heavy atom. The summed E-state index contributed by atoms with van der Waals surface area (Å²) in [4.78, 5) is 11.9. The van der Waals surface area contributed by atoms with Gasteiger partial charge >= 0.3 is 0 Å². The van der Waals surface area contributed by atoms with E-state index in [-0.39, 0.29) is 5.91 Å². The number of carbonyl (C=O) groups is 1. The van der Waals surface area contributed by atoms with Crippen molar-refractivity contribution in [3.05, 3.63) is 17.5 Å². The molecule has 5 heteroatoms. The summed E-state index contributed by atoms with van der Waals surface area (Å²) in [5.74, 6) is 1.04. The number of nitrogens with one attached hydrogen (secondary N) is 1. The van der Waals surface area contributed by atoms with Gasteiger partial charge in [-0.05, 0) is 19.3 Å². The molecule has 4 nitrogen and oxygen atoms in total. The van der Waals surface area contributed by atoms with E-state index in [0.29, 0.717) is 23.9 Å². The quantitative estimate of drug-likeness (QED) is 0.794. The van der Waals surface area contributed by atoms with Crippen LogP contribution in [0.15, 0.2) is 6.20 Å². The minimum Gasteiger partial charge on any atom is -0.352 e. The molecular formula is C12H20ClN3O. The molecule has 1 N–H and O–H groups in total. The van der Waals surface area contributed by atoms with Crippen LogP contribution in [0, 0.1) is 12.8 Å². The van der Waals surface area contributed by atoms with Crippen LogP contribution in [0.5, 0.6) is 0 Å². The highest BCUT2D eigenvalue weighted by atomic mass is 35.5. The van der Waals surface area contributed by atoms with Gasteiger partial charge in [0.1, 0.15) is 0 Å². The Hall–Kier alpha value is -1.03. The van der Waals surface area contributed by atoms with Crippen molar-refractivity contribution >= 4 is 17.5 Å². The molecule has 0 aromatic carbocycles. The van der Waals surface area contributed by atoms with Crippen LogP contribution in [0.4, 0.5) is 0 Å². The van der Waals surface area contributed by atoms with Crippen LogP contribution in [0.25, 0.3) is 0 Å². The lowest BCUT2D eigenvalue weighted by Crippen LogP contribution is -2.29. The molecule has 17 heavy (non-hydrogen) atoms. The molecule has 0 saturated heterocycles. The van der Waals surface area contributed by atoms with E-state index in [1.165, 1.54) is 0 Å². The van der Waals surface area contributed by atoms with Gasteiger partial charge in [0, 0.05) is 25.2 Å². The van der Waals surface area contributed by atoms with Crippen molar-refractivity contribution in [3.63, 3.8) is 0 Å². The number of halogens is 1. The van der Waals surface area contributed by atoms with Gasteiger partial charge in [0.25, 0.3) is 5.91 Å². The lowest BCUT2D eigenvalue weighted by Gasteiger charge is -2.13. The number of hydrogen-bond acceptors (Lipinski definition) is 2. The highest BCUT2D eigenvalue weighted by molar-refractivity contribution is 6.17. The molecule has 1 atom stereocenters. The Morgan fingerprint density at radius 3 is 2.82 bits per heavy atom. The lowest BCUT2D eigenvalue weighted by molar-refractivity contribution is 0.0945. The number of rotatable bonds is 6. The Morgan fingerprint density at radius 2 is 2.35 bits per heavy atom. The number of aryl methyl sites for hydroxylation is 1. The third-order valence-corrected chi connectivity index (χ3v) is 3.34. The molecule has 96 valence electrons. The lowest BCUT2D eigenvalue weighted by atomic mass is 10.0. The topological polar surface area (TPSA) is 46.9 Å². The van der Waals surface area contributed by atoms with Crippen LogP contribution >= 0.6 is 11.6 Å². The average Bonchev–Trinajstić information content (AvgIpc) is 2.65. The summed E-state index contributed by atoms with van der Waals surface area (Å²) in [7, 11) is 1.83. The number of carbonyl (C=O) groups excluding carboxylic acids is 1. The van der Waals surface area contributed by atoms with Crippen LogP contribution < -0.4 is 5.32 Å². The summed E-state index contributed by atoms with van der Waals surface area (Å²) in [6, 6.07) is 0. The van der Waals surface area contributed by atoms with E-state index in [1.807, 2.05) is 14.0 Å². The summed E-state index contributed by atoms with van der Waals surface area (Å²) in [5.41, 5.74) is 1.53. The van der Waals surface area contributed by atoms with Gasteiger partial charge in [-0.3, -0.25) is 9.48 Å². The van der Waals surface area contributed by atoms with Gasteiger partial charge < -0.3 is 5.32 Å². The molecule has 1 aromatic rings. The molecule has 1 heterocycles. The summed E-state index contributed by atoms with van der Waals surface area (Å²) in [6.07, 6.45) is 3.57. The largest absolute Gasteiger partial charge is 0.352 e. The Balaban J connectivity index is 2.52. The predicted molar refractivity (Wildman–Crippen MR) is 69.4 cm³/mol. The minimum atomic E-state index is -0.0522. The van der Waals surface area contributed by atoms with Gasteiger partial charge in [-0.15, -0.1) is 11.6 Å². The molecule has 1 aromatic heterocycles. The third kappa shape index (κ3) is 3.73. The van der Waals surface area contributed by atoms with Gasteiger partial charge in [-0.1, -0.05) is 13.3 Å². The molecule has 0 aliphatic carbocycles. The van der Waals surface area contributed by atoms with Crippen LogP contribution in [0.1, 0.15) is 35.8 Å². The fourth-order valence-electron chi connectivity index (χ4n) is 1.66. The van der Waals surface area contributed by atoms with Crippen molar-refractivity contribution in [1.82, 2.24) is 15.1 Å². The summed E-state index contributed by atoms with van der Waals surface area (Å²) < 4.78 is 1.70. The van der Waals surface area contributed by atoms with Crippen molar-refractivity contribution in [2.45, 2.75) is 26.7 Å². The molecule has 0 fully saturated rings. The second kappa shape index (κ2) is 6.64. The Labute approximate surface area is 107 Å². The average molecular weight is 258 g/mol. The maximum Gasteiger partial charge on any atom is 0.254 e. The molecule has 1 rings (SSSR count). The van der Waals surface area contributed by atoms with Crippen LogP contribution in [-0.2, 0) is 7.05 Å². The maximum atomic E-state index is 11.9. The van der Waals surface area contributed by atoms with Crippen LogP contribution in [-0.4, -0.2) is 28.1 Å². The first-order chi connectivity index (χ1) is 8.10. The zero-order valence-corrected chi connectivity index (χ0v) is 11.4. The molecule has 0 spiro atoms. The Bertz CT molecular complexity index is 376. The molecule has 1 unspecified atom stereocenters. The summed E-state index contributed by atoms with van der Waals surface area (Å²) in [6.45, 7) is 4.67. The molecule has 0 aliphatic rings. The van der Waals surface area contributed by atoms with Crippen LogP contribution in [0.3, 0.4) is 0 Å². The smallest absolute Gasteiger partial charge is 0.254 e. The second-order valence-corrected chi connectivity index (χ2v) is 4.61. The van der Waals surface area contributed by atoms with E-state index in [2.05, 4.69) is 17.3 Å². The Kier molecular flexibility index (Phi) is 5.48. The van der Waals surface area contributed by atoms with Gasteiger partial charge in [0.2, 0.25) is 0 Å². The third-order valence-electron chi connectivity index (χ3n) is 3.13. The maximum absolute atomic E-state index is 11.9. The predicted octanol–water partition coefficient (Wildman–Crippen LogP) is 2.11. The number of aromatic nitrogens is 2. The van der Waals surface area contributed by atoms with Crippen molar-refractivity contribution < 1.29 is 4.79 Å². The summed E-state index contributed by atoms with van der Waals surface area (Å²) >= 11 is 5.71. The fourth-order valence-corrected chi connectivity index (χ4v) is 1.97. The van der Waals surface area contributed by atoms with E-state index in [9.17, 15) is 4.79 Å². The van der Waals surface area contributed by atoms with Crippen molar-refractivity contribution in [2.24, 2.45) is 13.0 Å². The van der Waals surface area contributed by atoms with E-state index >= 15 is 0 Å². The van der Waals surface area contributed by atoms with Crippen molar-refractivity contribution in [3.8, 4) is 0 Å². The highest BCUT2D eigenvalue weighted by Gasteiger charge is 2.14. The first-order valence-corrected chi connectivity index (χ1v) is 6.46. The number of amides is 1. The van der Waals surface area contributed by atoms with E-state index in [0.717, 1.165) is 18.5 Å². The molecule has 0 bridgehead atoms. The zero-order valence-electron chi connectivity index (χ0n) is 10.7. The van der Waals surface area contributed by atoms with Crippen molar-refractivity contribution in [2.75, 3.05) is 12.4 Å². The normalized spacial score (nSPS) is 12.5. The molecular weight excluding hydrogens is 238 g/mol. The van der Waals surface area contributed by atoms with E-state index in [1.54, 1.807) is 10.9 Å². The first-order valence-electron chi connectivity index (χ1n) is 5.92. The highest BCUT2D eigenvalue weighted by Crippen LogP contribution is 2.09. The van der Waals surface area contributed by atoms with Gasteiger partial charge in [0.15, 0.2) is 0 Å². The van der Waals surface area contributed by atoms with Crippen molar-refractivity contribution in [1.29, 1.82) is 0 Å². The monoisotopic (exact) mass is 257 g/mol.